The van der Waals surface area contributed by atoms with Crippen molar-refractivity contribution >= 4 is 27.5 Å². The van der Waals surface area contributed by atoms with Crippen molar-refractivity contribution in [1.29, 1.82) is 0 Å². The highest BCUT2D eigenvalue weighted by atomic mass is 16.5. The standard InChI is InChI=1S/C31H34N6O/c1-2-8-24-21(6-1)7-3-9-25(24)29-32-17-26-27(34-29)16-28(38-20-31-12-4-14-37(31)15-5-13-31)35-30(26)36-18-22-10-11-23(19-36)33-22/h1-3,6-9,16-17,22-23,33H,4-5,10-15,18-20H2. The highest BCUT2D eigenvalue weighted by Crippen LogP contribution is 2.40. The van der Waals surface area contributed by atoms with Gasteiger partial charge in [0.05, 0.1) is 16.4 Å². The van der Waals surface area contributed by atoms with Gasteiger partial charge in [-0.15, -0.1) is 0 Å². The van der Waals surface area contributed by atoms with Crippen molar-refractivity contribution < 1.29 is 4.74 Å². The lowest BCUT2D eigenvalue weighted by Gasteiger charge is -2.35. The summed E-state index contributed by atoms with van der Waals surface area (Å²) in [7, 11) is 0. The minimum absolute atomic E-state index is 0.185. The minimum Gasteiger partial charge on any atom is -0.476 e. The summed E-state index contributed by atoms with van der Waals surface area (Å²) in [6, 6.07) is 17.9. The number of fused-ring (bicyclic) bond motifs is 5. The van der Waals surface area contributed by atoms with Gasteiger partial charge in [-0.05, 0) is 62.4 Å². The molecule has 1 N–H and O–H groups in total. The Bertz CT molecular complexity index is 1490. The van der Waals surface area contributed by atoms with Gasteiger partial charge in [0.25, 0.3) is 0 Å². The lowest BCUT2D eigenvalue weighted by Crippen LogP contribution is -2.51. The predicted octanol–water partition coefficient (Wildman–Crippen LogP) is 4.79. The van der Waals surface area contributed by atoms with Gasteiger partial charge in [-0.1, -0.05) is 42.5 Å². The van der Waals surface area contributed by atoms with Crippen molar-refractivity contribution in [2.45, 2.75) is 56.1 Å². The zero-order chi connectivity index (χ0) is 25.1. The van der Waals surface area contributed by atoms with Gasteiger partial charge < -0.3 is 15.0 Å². The molecule has 2 atom stereocenters. The number of aromatic nitrogens is 3. The molecular formula is C31H34N6O. The number of hydrogen-bond donors (Lipinski definition) is 1. The van der Waals surface area contributed by atoms with Crippen LogP contribution >= 0.6 is 0 Å². The maximum Gasteiger partial charge on any atom is 0.217 e. The van der Waals surface area contributed by atoms with Gasteiger partial charge in [-0.3, -0.25) is 4.90 Å². The van der Waals surface area contributed by atoms with Crippen LogP contribution < -0.4 is 15.0 Å². The fraction of sp³-hybridized carbons (Fsp3) is 0.452. The highest BCUT2D eigenvalue weighted by Gasteiger charge is 2.45. The third kappa shape index (κ3) is 3.75. The first kappa shape index (κ1) is 22.7. The van der Waals surface area contributed by atoms with E-state index in [4.69, 9.17) is 19.7 Å². The van der Waals surface area contributed by atoms with Crippen molar-refractivity contribution in [2.75, 3.05) is 37.7 Å². The number of piperazine rings is 1. The van der Waals surface area contributed by atoms with E-state index >= 15 is 0 Å². The summed E-state index contributed by atoms with van der Waals surface area (Å²) in [6.07, 6.45) is 9.43. The largest absolute Gasteiger partial charge is 0.476 e. The molecule has 0 spiro atoms. The molecule has 7 nitrogen and oxygen atoms in total. The molecule has 7 heteroatoms. The first-order valence-corrected chi connectivity index (χ1v) is 14.3. The Morgan fingerprint density at radius 3 is 2.55 bits per heavy atom. The Hall–Kier alpha value is -3.29. The second-order valence-electron chi connectivity index (χ2n) is 11.7. The second kappa shape index (κ2) is 8.89. The monoisotopic (exact) mass is 506 g/mol. The molecule has 0 amide bonds. The quantitative estimate of drug-likeness (QED) is 0.417. The molecule has 4 aliphatic rings. The van der Waals surface area contributed by atoms with E-state index in [1.807, 2.05) is 12.3 Å². The van der Waals surface area contributed by atoms with Crippen molar-refractivity contribution in [3.8, 4) is 17.3 Å². The van der Waals surface area contributed by atoms with E-state index in [1.54, 1.807) is 0 Å². The number of nitrogens with one attached hydrogen (secondary N) is 1. The number of hydrogen-bond acceptors (Lipinski definition) is 7. The molecular weight excluding hydrogens is 472 g/mol. The molecule has 0 aliphatic carbocycles. The van der Waals surface area contributed by atoms with Crippen LogP contribution in [0.4, 0.5) is 5.82 Å². The molecule has 6 heterocycles. The molecule has 0 radical (unpaired) electrons. The van der Waals surface area contributed by atoms with E-state index in [0.717, 1.165) is 41.2 Å². The second-order valence-corrected chi connectivity index (χ2v) is 11.7. The number of ether oxygens (including phenoxy) is 1. The summed E-state index contributed by atoms with van der Waals surface area (Å²) >= 11 is 0. The van der Waals surface area contributed by atoms with E-state index in [1.165, 1.54) is 62.4 Å². The van der Waals surface area contributed by atoms with Crippen LogP contribution in [-0.2, 0) is 0 Å². The molecule has 4 saturated heterocycles. The molecule has 4 fully saturated rings. The number of rotatable bonds is 5. The maximum atomic E-state index is 6.56. The number of nitrogens with zero attached hydrogens (tertiary/aromatic N) is 5. The summed E-state index contributed by atoms with van der Waals surface area (Å²) in [5.74, 6) is 2.40. The van der Waals surface area contributed by atoms with E-state index in [2.05, 4.69) is 57.6 Å². The minimum atomic E-state index is 0.185. The Morgan fingerprint density at radius 2 is 1.71 bits per heavy atom. The fourth-order valence-electron chi connectivity index (χ4n) is 7.50. The third-order valence-corrected chi connectivity index (χ3v) is 9.38. The average Bonchev–Trinajstić information content (AvgIpc) is 3.64. The Morgan fingerprint density at radius 1 is 0.921 bits per heavy atom. The molecule has 2 unspecified atom stereocenters. The van der Waals surface area contributed by atoms with Crippen LogP contribution in [-0.4, -0.2) is 70.3 Å². The third-order valence-electron chi connectivity index (χ3n) is 9.38. The van der Waals surface area contributed by atoms with Crippen molar-refractivity contribution in [3.05, 3.63) is 54.7 Å². The van der Waals surface area contributed by atoms with E-state index in [-0.39, 0.29) is 5.54 Å². The van der Waals surface area contributed by atoms with Gasteiger partial charge in [0.2, 0.25) is 5.88 Å². The molecule has 2 aromatic carbocycles. The van der Waals surface area contributed by atoms with Gasteiger partial charge in [-0.25, -0.2) is 9.97 Å². The maximum absolute atomic E-state index is 6.56. The smallest absolute Gasteiger partial charge is 0.217 e. The molecule has 2 bridgehead atoms. The van der Waals surface area contributed by atoms with E-state index in [0.29, 0.717) is 24.6 Å². The molecule has 0 saturated carbocycles. The van der Waals surface area contributed by atoms with E-state index in [9.17, 15) is 0 Å². The van der Waals surface area contributed by atoms with Gasteiger partial charge in [0.1, 0.15) is 12.4 Å². The highest BCUT2D eigenvalue weighted by molar-refractivity contribution is 5.97. The first-order valence-electron chi connectivity index (χ1n) is 14.3. The van der Waals surface area contributed by atoms with E-state index < -0.39 is 0 Å². The van der Waals surface area contributed by atoms with Crippen LogP contribution in [0.1, 0.15) is 38.5 Å². The number of benzene rings is 2. The molecule has 194 valence electrons. The molecule has 8 rings (SSSR count). The number of pyridine rings is 1. The average molecular weight is 507 g/mol. The molecule has 4 aliphatic heterocycles. The van der Waals surface area contributed by atoms with Crippen LogP contribution in [0, 0.1) is 0 Å². The summed E-state index contributed by atoms with van der Waals surface area (Å²) < 4.78 is 6.56. The molecule has 38 heavy (non-hydrogen) atoms. The summed E-state index contributed by atoms with van der Waals surface area (Å²) in [6.45, 7) is 5.03. The summed E-state index contributed by atoms with van der Waals surface area (Å²) in [5.41, 5.74) is 2.14. The zero-order valence-corrected chi connectivity index (χ0v) is 21.8. The van der Waals surface area contributed by atoms with Gasteiger partial charge in [-0.2, -0.15) is 4.98 Å². The van der Waals surface area contributed by atoms with Crippen LogP contribution in [0.5, 0.6) is 5.88 Å². The summed E-state index contributed by atoms with van der Waals surface area (Å²) in [4.78, 5) is 20.2. The van der Waals surface area contributed by atoms with Crippen molar-refractivity contribution in [1.82, 2.24) is 25.2 Å². The number of anilines is 1. The molecule has 2 aromatic heterocycles. The normalized spacial score (nSPS) is 24.4. The zero-order valence-electron chi connectivity index (χ0n) is 21.8. The lowest BCUT2D eigenvalue weighted by atomic mass is 9.95. The van der Waals surface area contributed by atoms with Crippen LogP contribution in [0.3, 0.4) is 0 Å². The Labute approximate surface area is 223 Å². The van der Waals surface area contributed by atoms with Gasteiger partial charge in [0, 0.05) is 43.0 Å². The first-order chi connectivity index (χ1) is 18.7. The van der Waals surface area contributed by atoms with Crippen LogP contribution in [0.15, 0.2) is 54.7 Å². The summed E-state index contributed by atoms with van der Waals surface area (Å²) in [5, 5.41) is 7.12. The predicted molar refractivity (Wildman–Crippen MR) is 151 cm³/mol. The lowest BCUT2D eigenvalue weighted by molar-refractivity contribution is 0.111. The molecule has 4 aromatic rings. The van der Waals surface area contributed by atoms with Crippen molar-refractivity contribution in [2.24, 2.45) is 0 Å². The fourth-order valence-corrected chi connectivity index (χ4v) is 7.50. The van der Waals surface area contributed by atoms with Gasteiger partial charge >= 0.3 is 0 Å². The van der Waals surface area contributed by atoms with Gasteiger partial charge in [0.15, 0.2) is 5.82 Å². The Balaban J connectivity index is 1.21. The van der Waals surface area contributed by atoms with Crippen LogP contribution in [0.2, 0.25) is 0 Å². The SMILES string of the molecule is c1ccc2c(-c3ncc4c(N5CC6CCC(C5)N6)nc(OCC56CCCN5CCC6)cc4n3)cccc2c1. The topological polar surface area (TPSA) is 66.4 Å². The van der Waals surface area contributed by atoms with Crippen LogP contribution in [0.25, 0.3) is 33.1 Å². The van der Waals surface area contributed by atoms with Crippen molar-refractivity contribution in [3.63, 3.8) is 0 Å². The Kier molecular flexibility index (Phi) is 5.30.